The molecule has 0 aliphatic carbocycles. The molecular weight excluding hydrogens is 316 g/mol. The molecule has 2 aromatic heterocycles. The summed E-state index contributed by atoms with van der Waals surface area (Å²) < 4.78 is 3.51. The molecule has 1 aliphatic rings. The second-order valence-electron chi connectivity index (χ2n) is 6.21. The van der Waals surface area contributed by atoms with Crippen molar-refractivity contribution in [2.75, 3.05) is 16.8 Å². The van der Waals surface area contributed by atoms with Crippen LogP contribution in [0.4, 0.5) is 11.4 Å². The Balaban J connectivity index is 1.49. The second kappa shape index (κ2) is 6.43. The molecule has 4 rings (SSSR count). The molecular formula is C18H20N6O. The Morgan fingerprint density at radius 1 is 1.08 bits per heavy atom. The Morgan fingerprint density at radius 2 is 1.92 bits per heavy atom. The monoisotopic (exact) mass is 336 g/mol. The number of rotatable bonds is 4. The average Bonchev–Trinajstić information content (AvgIpc) is 3.27. The first-order valence-corrected chi connectivity index (χ1v) is 8.37. The van der Waals surface area contributed by atoms with E-state index in [1.165, 1.54) is 0 Å². The van der Waals surface area contributed by atoms with Crippen LogP contribution in [-0.4, -0.2) is 38.1 Å². The molecule has 1 N–H and O–H groups in total. The van der Waals surface area contributed by atoms with Gasteiger partial charge in [0.2, 0.25) is 5.91 Å². The highest BCUT2D eigenvalue weighted by molar-refractivity contribution is 5.99. The van der Waals surface area contributed by atoms with Gasteiger partial charge in [0.25, 0.3) is 0 Å². The number of amides is 1. The zero-order chi connectivity index (χ0) is 17.2. The first kappa shape index (κ1) is 15.4. The van der Waals surface area contributed by atoms with E-state index in [1.54, 1.807) is 26.7 Å². The molecule has 7 nitrogen and oxygen atoms in total. The predicted molar refractivity (Wildman–Crippen MR) is 95.8 cm³/mol. The summed E-state index contributed by atoms with van der Waals surface area (Å²) in [4.78, 5) is 14.6. The van der Waals surface area contributed by atoms with Gasteiger partial charge in [-0.25, -0.2) is 4.68 Å². The van der Waals surface area contributed by atoms with E-state index in [1.807, 2.05) is 49.8 Å². The van der Waals surface area contributed by atoms with E-state index in [0.29, 0.717) is 0 Å². The number of nitrogens with one attached hydrogen (secondary N) is 1. The lowest BCUT2D eigenvalue weighted by Crippen LogP contribution is -2.47. The first-order valence-electron chi connectivity index (χ1n) is 8.37. The van der Waals surface area contributed by atoms with Crippen LogP contribution in [0.1, 0.15) is 12.8 Å². The van der Waals surface area contributed by atoms with Gasteiger partial charge in [0.1, 0.15) is 6.04 Å². The van der Waals surface area contributed by atoms with E-state index in [0.717, 1.165) is 36.4 Å². The van der Waals surface area contributed by atoms with E-state index in [4.69, 9.17) is 0 Å². The van der Waals surface area contributed by atoms with Crippen molar-refractivity contribution in [3.8, 4) is 5.69 Å². The molecule has 0 radical (unpaired) electrons. The standard InChI is InChI=1S/C18H20N6O/c1-22-13-16(11-19-22)23-9-5-8-17(18(23)25)21-14-10-20-24(12-14)15-6-3-2-4-7-15/h2-4,6-7,10-13,17,21H,5,8-9H2,1H3/t17-/m0/s1. The number of carbonyl (C=O) groups is 1. The van der Waals surface area contributed by atoms with Crippen LogP contribution in [0, 0.1) is 0 Å². The van der Waals surface area contributed by atoms with Crippen molar-refractivity contribution in [3.63, 3.8) is 0 Å². The third kappa shape index (κ3) is 3.13. The summed E-state index contributed by atoms with van der Waals surface area (Å²) >= 11 is 0. The number of hydrogen-bond donors (Lipinski definition) is 1. The van der Waals surface area contributed by atoms with E-state index in [-0.39, 0.29) is 11.9 Å². The minimum absolute atomic E-state index is 0.0757. The van der Waals surface area contributed by atoms with Gasteiger partial charge in [0, 0.05) is 19.8 Å². The number of aromatic nitrogens is 4. The largest absolute Gasteiger partial charge is 0.371 e. The lowest BCUT2D eigenvalue weighted by molar-refractivity contribution is -0.120. The van der Waals surface area contributed by atoms with Gasteiger partial charge in [-0.1, -0.05) is 18.2 Å². The molecule has 3 heterocycles. The van der Waals surface area contributed by atoms with Crippen LogP contribution in [0.2, 0.25) is 0 Å². The molecule has 1 fully saturated rings. The van der Waals surface area contributed by atoms with Gasteiger partial charge >= 0.3 is 0 Å². The number of para-hydroxylation sites is 1. The number of nitrogens with zero attached hydrogens (tertiary/aromatic N) is 5. The fourth-order valence-electron chi connectivity index (χ4n) is 3.13. The zero-order valence-electron chi connectivity index (χ0n) is 14.0. The van der Waals surface area contributed by atoms with Gasteiger partial charge in [-0.15, -0.1) is 0 Å². The molecule has 0 bridgehead atoms. The Labute approximate surface area is 145 Å². The van der Waals surface area contributed by atoms with Crippen molar-refractivity contribution in [2.24, 2.45) is 7.05 Å². The maximum Gasteiger partial charge on any atom is 0.249 e. The van der Waals surface area contributed by atoms with Gasteiger partial charge in [-0.05, 0) is 25.0 Å². The SMILES string of the molecule is Cn1cc(N2CCC[C@H](Nc3cnn(-c4ccccc4)c3)C2=O)cn1. The molecule has 1 aromatic carbocycles. The van der Waals surface area contributed by atoms with Gasteiger partial charge in [-0.2, -0.15) is 10.2 Å². The van der Waals surface area contributed by atoms with Crippen LogP contribution in [-0.2, 0) is 11.8 Å². The summed E-state index contributed by atoms with van der Waals surface area (Å²) in [7, 11) is 1.85. The summed E-state index contributed by atoms with van der Waals surface area (Å²) in [6.07, 6.45) is 9.02. The predicted octanol–water partition coefficient (Wildman–Crippen LogP) is 2.21. The van der Waals surface area contributed by atoms with Crippen LogP contribution >= 0.6 is 0 Å². The van der Waals surface area contributed by atoms with Gasteiger partial charge in [0.05, 0.1) is 35.7 Å². The van der Waals surface area contributed by atoms with Crippen LogP contribution < -0.4 is 10.2 Å². The Hall–Kier alpha value is -3.09. The number of piperidine rings is 1. The van der Waals surface area contributed by atoms with Crippen molar-refractivity contribution < 1.29 is 4.79 Å². The molecule has 0 spiro atoms. The fourth-order valence-corrected chi connectivity index (χ4v) is 3.13. The number of aryl methyl sites for hydroxylation is 1. The van der Waals surface area contributed by atoms with E-state index in [9.17, 15) is 4.79 Å². The molecule has 1 amide bonds. The fraction of sp³-hybridized carbons (Fsp3) is 0.278. The van der Waals surface area contributed by atoms with Crippen molar-refractivity contribution in [1.82, 2.24) is 19.6 Å². The van der Waals surface area contributed by atoms with Gasteiger partial charge in [-0.3, -0.25) is 9.48 Å². The zero-order valence-corrected chi connectivity index (χ0v) is 14.0. The maximum atomic E-state index is 12.8. The van der Waals surface area contributed by atoms with E-state index in [2.05, 4.69) is 15.5 Å². The topological polar surface area (TPSA) is 68.0 Å². The van der Waals surface area contributed by atoms with Crippen LogP contribution in [0.3, 0.4) is 0 Å². The second-order valence-corrected chi connectivity index (χ2v) is 6.21. The highest BCUT2D eigenvalue weighted by Crippen LogP contribution is 2.23. The van der Waals surface area contributed by atoms with Gasteiger partial charge < -0.3 is 10.2 Å². The summed E-state index contributed by atoms with van der Waals surface area (Å²) in [5.74, 6) is 0.0757. The Bertz CT molecular complexity index is 869. The Morgan fingerprint density at radius 3 is 2.68 bits per heavy atom. The first-order chi connectivity index (χ1) is 12.2. The smallest absolute Gasteiger partial charge is 0.249 e. The molecule has 0 saturated carbocycles. The minimum Gasteiger partial charge on any atom is -0.371 e. The normalized spacial score (nSPS) is 17.7. The van der Waals surface area contributed by atoms with Gasteiger partial charge in [0.15, 0.2) is 0 Å². The lowest BCUT2D eigenvalue weighted by atomic mass is 10.0. The highest BCUT2D eigenvalue weighted by Gasteiger charge is 2.30. The molecule has 25 heavy (non-hydrogen) atoms. The number of benzene rings is 1. The Kier molecular flexibility index (Phi) is 3.97. The molecule has 0 unspecified atom stereocenters. The number of carbonyl (C=O) groups excluding carboxylic acids is 1. The summed E-state index contributed by atoms with van der Waals surface area (Å²) in [6, 6.07) is 9.66. The molecule has 7 heteroatoms. The molecule has 1 saturated heterocycles. The average molecular weight is 336 g/mol. The third-order valence-corrected chi connectivity index (χ3v) is 4.39. The van der Waals surface area contributed by atoms with Crippen LogP contribution in [0.25, 0.3) is 5.69 Å². The maximum absolute atomic E-state index is 12.8. The number of anilines is 2. The van der Waals surface area contributed by atoms with Crippen LogP contribution in [0.15, 0.2) is 55.1 Å². The molecule has 3 aromatic rings. The summed E-state index contributed by atoms with van der Waals surface area (Å²) in [6.45, 7) is 0.728. The quantitative estimate of drug-likeness (QED) is 0.793. The number of hydrogen-bond acceptors (Lipinski definition) is 4. The van der Waals surface area contributed by atoms with Crippen molar-refractivity contribution in [2.45, 2.75) is 18.9 Å². The summed E-state index contributed by atoms with van der Waals surface area (Å²) in [5, 5.41) is 11.9. The van der Waals surface area contributed by atoms with Crippen LogP contribution in [0.5, 0.6) is 0 Å². The van der Waals surface area contributed by atoms with Crippen molar-refractivity contribution in [1.29, 1.82) is 0 Å². The van der Waals surface area contributed by atoms with Crippen molar-refractivity contribution in [3.05, 3.63) is 55.1 Å². The van der Waals surface area contributed by atoms with Crippen molar-refractivity contribution >= 4 is 17.3 Å². The highest BCUT2D eigenvalue weighted by atomic mass is 16.2. The molecule has 1 atom stereocenters. The van der Waals surface area contributed by atoms with E-state index < -0.39 is 0 Å². The summed E-state index contributed by atoms with van der Waals surface area (Å²) in [5.41, 5.74) is 2.68. The molecule has 1 aliphatic heterocycles. The third-order valence-electron chi connectivity index (χ3n) is 4.39. The minimum atomic E-state index is -0.248. The lowest BCUT2D eigenvalue weighted by Gasteiger charge is -2.31. The van der Waals surface area contributed by atoms with E-state index >= 15 is 0 Å². The molecule has 128 valence electrons.